The van der Waals surface area contributed by atoms with Gasteiger partial charge in [-0.25, -0.2) is 0 Å². The van der Waals surface area contributed by atoms with E-state index < -0.39 is 0 Å². The van der Waals surface area contributed by atoms with Gasteiger partial charge in [0, 0.05) is 18.8 Å². The molecule has 0 saturated carbocycles. The van der Waals surface area contributed by atoms with E-state index >= 15 is 0 Å². The second-order valence-corrected chi connectivity index (χ2v) is 7.26. The second kappa shape index (κ2) is 7.22. The van der Waals surface area contributed by atoms with Crippen molar-refractivity contribution in [3.8, 4) is 5.75 Å². The minimum absolute atomic E-state index is 0.0449. The summed E-state index contributed by atoms with van der Waals surface area (Å²) in [6, 6.07) is 20.1. The number of carbonyl (C=O) groups is 1. The number of methoxy groups -OCH3 is 1. The van der Waals surface area contributed by atoms with Crippen molar-refractivity contribution in [2.75, 3.05) is 18.6 Å². The fourth-order valence-electron chi connectivity index (χ4n) is 3.21. The van der Waals surface area contributed by atoms with Gasteiger partial charge in [-0.05, 0) is 47.9 Å². The molecule has 0 saturated heterocycles. The van der Waals surface area contributed by atoms with Crippen molar-refractivity contribution in [2.45, 2.75) is 13.0 Å². The number of para-hydroxylation sites is 1. The third-order valence-corrected chi connectivity index (χ3v) is 5.66. The zero-order valence-corrected chi connectivity index (χ0v) is 15.4. The Bertz CT molecular complexity index is 935. The first kappa shape index (κ1) is 16.7. The number of anilines is 2. The average Bonchev–Trinajstić information content (AvgIpc) is 3.33. The van der Waals surface area contributed by atoms with Crippen LogP contribution >= 0.6 is 11.3 Å². The van der Waals surface area contributed by atoms with Crippen molar-refractivity contribution in [2.24, 2.45) is 0 Å². The van der Waals surface area contributed by atoms with Crippen LogP contribution in [-0.4, -0.2) is 19.6 Å². The standard InChI is InChI=1S/C21H20N2O2S/c1-25-17-7-4-5-15(13-17)14-22-21(24)19-9-10-20(26-19)23-12-11-16-6-2-3-8-18(16)23/h2-10,13H,11-12,14H2,1H3,(H,22,24). The van der Waals surface area contributed by atoms with Crippen LogP contribution < -0.4 is 15.0 Å². The third kappa shape index (κ3) is 3.30. The average molecular weight is 364 g/mol. The number of thiophene rings is 1. The van der Waals surface area contributed by atoms with E-state index in [1.165, 1.54) is 22.6 Å². The van der Waals surface area contributed by atoms with Crippen molar-refractivity contribution in [3.63, 3.8) is 0 Å². The van der Waals surface area contributed by atoms with Crippen LogP contribution in [0.5, 0.6) is 5.75 Å². The molecule has 3 aromatic rings. The highest BCUT2D eigenvalue weighted by Gasteiger charge is 2.22. The minimum Gasteiger partial charge on any atom is -0.497 e. The van der Waals surface area contributed by atoms with Crippen LogP contribution in [0.25, 0.3) is 0 Å². The predicted molar refractivity (Wildman–Crippen MR) is 106 cm³/mol. The fourth-order valence-corrected chi connectivity index (χ4v) is 4.18. The van der Waals surface area contributed by atoms with Crippen LogP contribution in [-0.2, 0) is 13.0 Å². The Kier molecular flexibility index (Phi) is 4.63. The minimum atomic E-state index is -0.0449. The van der Waals surface area contributed by atoms with Gasteiger partial charge in [0.2, 0.25) is 0 Å². The maximum absolute atomic E-state index is 12.5. The molecule has 0 aliphatic carbocycles. The molecule has 0 radical (unpaired) electrons. The molecule has 4 rings (SSSR count). The quantitative estimate of drug-likeness (QED) is 0.730. The smallest absolute Gasteiger partial charge is 0.261 e. The zero-order valence-electron chi connectivity index (χ0n) is 14.6. The highest BCUT2D eigenvalue weighted by Crippen LogP contribution is 2.38. The van der Waals surface area contributed by atoms with E-state index in [0.717, 1.165) is 34.2 Å². The molecule has 0 unspecified atom stereocenters. The summed E-state index contributed by atoms with van der Waals surface area (Å²) < 4.78 is 5.22. The molecular formula is C21H20N2O2S. The summed E-state index contributed by atoms with van der Waals surface area (Å²) >= 11 is 1.53. The number of nitrogens with zero attached hydrogens (tertiary/aromatic N) is 1. The Labute approximate surface area is 157 Å². The van der Waals surface area contributed by atoms with Crippen molar-refractivity contribution in [1.29, 1.82) is 0 Å². The lowest BCUT2D eigenvalue weighted by Gasteiger charge is -2.16. The Morgan fingerprint density at radius 2 is 2.04 bits per heavy atom. The molecule has 0 spiro atoms. The summed E-state index contributed by atoms with van der Waals surface area (Å²) in [5.41, 5.74) is 3.63. The van der Waals surface area contributed by atoms with Gasteiger partial charge in [-0.3, -0.25) is 4.79 Å². The first-order chi connectivity index (χ1) is 12.7. The van der Waals surface area contributed by atoms with Crippen LogP contribution in [0.15, 0.2) is 60.7 Å². The number of rotatable bonds is 5. The molecule has 1 aliphatic rings. The van der Waals surface area contributed by atoms with Crippen molar-refractivity contribution in [3.05, 3.63) is 76.7 Å². The number of carbonyl (C=O) groups excluding carboxylic acids is 1. The molecule has 0 bridgehead atoms. The van der Waals surface area contributed by atoms with E-state index in [-0.39, 0.29) is 5.91 Å². The Morgan fingerprint density at radius 1 is 1.15 bits per heavy atom. The van der Waals surface area contributed by atoms with Gasteiger partial charge >= 0.3 is 0 Å². The number of hydrogen-bond acceptors (Lipinski definition) is 4. The summed E-state index contributed by atoms with van der Waals surface area (Å²) in [5, 5.41) is 4.10. The first-order valence-electron chi connectivity index (χ1n) is 8.61. The Hall–Kier alpha value is -2.79. The molecule has 2 aromatic carbocycles. The zero-order chi connectivity index (χ0) is 17.9. The summed E-state index contributed by atoms with van der Waals surface area (Å²) in [5.74, 6) is 0.749. The SMILES string of the molecule is COc1cccc(CNC(=O)c2ccc(N3CCc4ccccc43)s2)c1. The first-order valence-corrected chi connectivity index (χ1v) is 9.42. The summed E-state index contributed by atoms with van der Waals surface area (Å²) in [6.07, 6.45) is 1.05. The lowest BCUT2D eigenvalue weighted by Crippen LogP contribution is -2.21. The molecule has 1 amide bonds. The van der Waals surface area contributed by atoms with Gasteiger partial charge < -0.3 is 15.0 Å². The normalized spacial score (nSPS) is 12.7. The number of amides is 1. The molecule has 1 N–H and O–H groups in total. The van der Waals surface area contributed by atoms with Gasteiger partial charge in [-0.15, -0.1) is 11.3 Å². The van der Waals surface area contributed by atoms with E-state index in [4.69, 9.17) is 4.74 Å². The van der Waals surface area contributed by atoms with E-state index in [0.29, 0.717) is 6.54 Å². The van der Waals surface area contributed by atoms with Gasteiger partial charge in [0.05, 0.1) is 17.0 Å². The summed E-state index contributed by atoms with van der Waals surface area (Å²) in [7, 11) is 1.64. The summed E-state index contributed by atoms with van der Waals surface area (Å²) in [6.45, 7) is 1.44. The topological polar surface area (TPSA) is 41.6 Å². The summed E-state index contributed by atoms with van der Waals surface area (Å²) in [4.78, 5) is 15.5. The number of fused-ring (bicyclic) bond motifs is 1. The van der Waals surface area contributed by atoms with Crippen molar-refractivity contribution < 1.29 is 9.53 Å². The lowest BCUT2D eigenvalue weighted by molar-refractivity contribution is 0.0955. The van der Waals surface area contributed by atoms with Crippen LogP contribution in [0.2, 0.25) is 0 Å². The third-order valence-electron chi connectivity index (χ3n) is 4.56. The monoisotopic (exact) mass is 364 g/mol. The van der Waals surface area contributed by atoms with Crippen molar-refractivity contribution in [1.82, 2.24) is 5.32 Å². The van der Waals surface area contributed by atoms with E-state index in [9.17, 15) is 4.79 Å². The van der Waals surface area contributed by atoms with Gasteiger partial charge in [-0.2, -0.15) is 0 Å². The van der Waals surface area contributed by atoms with Gasteiger partial charge in [-0.1, -0.05) is 30.3 Å². The van der Waals surface area contributed by atoms with Crippen LogP contribution in [0, 0.1) is 0 Å². The molecule has 0 atom stereocenters. The number of nitrogens with one attached hydrogen (secondary N) is 1. The molecule has 5 heteroatoms. The lowest BCUT2D eigenvalue weighted by atomic mass is 10.2. The maximum Gasteiger partial charge on any atom is 0.261 e. The van der Waals surface area contributed by atoms with Gasteiger partial charge in [0.25, 0.3) is 5.91 Å². The van der Waals surface area contributed by atoms with E-state index in [2.05, 4.69) is 34.5 Å². The molecule has 26 heavy (non-hydrogen) atoms. The number of hydrogen-bond donors (Lipinski definition) is 1. The highest BCUT2D eigenvalue weighted by molar-refractivity contribution is 7.18. The molecule has 1 aromatic heterocycles. The largest absolute Gasteiger partial charge is 0.497 e. The fraction of sp³-hybridized carbons (Fsp3) is 0.190. The molecule has 4 nitrogen and oxygen atoms in total. The van der Waals surface area contributed by atoms with Gasteiger partial charge in [0.15, 0.2) is 0 Å². The van der Waals surface area contributed by atoms with Crippen LogP contribution in [0.3, 0.4) is 0 Å². The van der Waals surface area contributed by atoms with E-state index in [1.807, 2.05) is 36.4 Å². The molecular weight excluding hydrogens is 344 g/mol. The predicted octanol–water partition coefficient (Wildman–Crippen LogP) is 4.38. The Balaban J connectivity index is 1.44. The van der Waals surface area contributed by atoms with Crippen LogP contribution in [0.4, 0.5) is 10.7 Å². The van der Waals surface area contributed by atoms with Crippen LogP contribution in [0.1, 0.15) is 20.8 Å². The molecule has 132 valence electrons. The second-order valence-electron chi connectivity index (χ2n) is 6.20. The maximum atomic E-state index is 12.5. The number of ether oxygens (including phenoxy) is 1. The number of benzene rings is 2. The molecule has 1 aliphatic heterocycles. The molecule has 0 fully saturated rings. The van der Waals surface area contributed by atoms with E-state index in [1.54, 1.807) is 7.11 Å². The molecule has 2 heterocycles. The van der Waals surface area contributed by atoms with Gasteiger partial charge in [0.1, 0.15) is 5.75 Å². The van der Waals surface area contributed by atoms with Crippen molar-refractivity contribution >= 4 is 27.9 Å². The Morgan fingerprint density at radius 3 is 2.92 bits per heavy atom. The highest BCUT2D eigenvalue weighted by atomic mass is 32.1.